The van der Waals surface area contributed by atoms with Crippen LogP contribution < -0.4 is 4.74 Å². The summed E-state index contributed by atoms with van der Waals surface area (Å²) in [5.41, 5.74) is 0. The molecule has 0 aliphatic heterocycles. The van der Waals surface area contributed by atoms with Crippen molar-refractivity contribution in [2.75, 3.05) is 0 Å². The van der Waals surface area contributed by atoms with E-state index in [2.05, 4.69) is 15.0 Å². The smallest absolute Gasteiger partial charge is 0.241 e. The Morgan fingerprint density at radius 2 is 2.07 bits per heavy atom. The molecule has 15 heavy (non-hydrogen) atoms. The molecule has 0 bridgehead atoms. The van der Waals surface area contributed by atoms with E-state index >= 15 is 0 Å². The van der Waals surface area contributed by atoms with Crippen molar-refractivity contribution in [3.63, 3.8) is 0 Å². The Labute approximate surface area is 95.9 Å². The first-order valence-electron chi connectivity index (χ1n) is 4.01. The summed E-state index contributed by atoms with van der Waals surface area (Å²) in [7, 11) is 0. The first-order valence-corrected chi connectivity index (χ1v) is 4.77. The zero-order chi connectivity index (χ0) is 10.7. The first kappa shape index (κ1) is 10.1. The molecule has 0 N–H and O–H groups in total. The van der Waals surface area contributed by atoms with E-state index in [9.17, 15) is 0 Å². The lowest BCUT2D eigenvalue weighted by atomic mass is 10.4. The molecule has 0 radical (unpaired) electrons. The fraction of sp³-hybridized carbons (Fsp3) is 0. The molecule has 0 spiro atoms. The topological polar surface area (TPSA) is 47.9 Å². The van der Waals surface area contributed by atoms with Crippen molar-refractivity contribution < 1.29 is 4.74 Å². The minimum Gasteiger partial charge on any atom is -0.434 e. The zero-order valence-corrected chi connectivity index (χ0v) is 8.90. The normalized spacial score (nSPS) is 10.0. The fourth-order valence-corrected chi connectivity index (χ4v) is 1.23. The van der Waals surface area contributed by atoms with E-state index in [1.807, 2.05) is 0 Å². The highest BCUT2D eigenvalue weighted by molar-refractivity contribution is 6.32. The van der Waals surface area contributed by atoms with Gasteiger partial charge in [-0.2, -0.15) is 0 Å². The van der Waals surface area contributed by atoms with Gasteiger partial charge < -0.3 is 4.74 Å². The highest BCUT2D eigenvalue weighted by Gasteiger charge is 2.07. The van der Waals surface area contributed by atoms with E-state index in [1.54, 1.807) is 18.3 Å². The Morgan fingerprint density at radius 1 is 1.20 bits per heavy atom. The van der Waals surface area contributed by atoms with Gasteiger partial charge in [-0.05, 0) is 12.1 Å². The van der Waals surface area contributed by atoms with Crippen LogP contribution in [0.25, 0.3) is 0 Å². The Morgan fingerprint density at radius 3 is 2.80 bits per heavy atom. The van der Waals surface area contributed by atoms with Crippen molar-refractivity contribution in [2.45, 2.75) is 0 Å². The summed E-state index contributed by atoms with van der Waals surface area (Å²) in [6, 6.07) is 3.38. The minimum atomic E-state index is 0.251. The third-order valence-corrected chi connectivity index (χ3v) is 2.11. The Kier molecular flexibility index (Phi) is 2.99. The second-order valence-corrected chi connectivity index (χ2v) is 3.34. The van der Waals surface area contributed by atoms with Crippen LogP contribution in [-0.2, 0) is 0 Å². The molecule has 6 heteroatoms. The Bertz CT molecular complexity index is 435. The van der Waals surface area contributed by atoms with Crippen molar-refractivity contribution in [2.24, 2.45) is 0 Å². The molecule has 2 aromatic heterocycles. The van der Waals surface area contributed by atoms with Crippen LogP contribution in [0.15, 0.2) is 30.9 Å². The van der Waals surface area contributed by atoms with Crippen molar-refractivity contribution >= 4 is 23.2 Å². The molecule has 0 aromatic carbocycles. The molecular formula is C9H5Cl2N3O. The summed E-state index contributed by atoms with van der Waals surface area (Å²) in [5.74, 6) is 0.654. The second-order valence-electron chi connectivity index (χ2n) is 2.57. The van der Waals surface area contributed by atoms with Gasteiger partial charge in [-0.15, -0.1) is 0 Å². The van der Waals surface area contributed by atoms with Crippen LogP contribution in [0.4, 0.5) is 0 Å². The van der Waals surface area contributed by atoms with Gasteiger partial charge in [0.1, 0.15) is 11.3 Å². The van der Waals surface area contributed by atoms with E-state index in [0.29, 0.717) is 10.8 Å². The third-order valence-electron chi connectivity index (χ3n) is 1.57. The minimum absolute atomic E-state index is 0.251. The maximum absolute atomic E-state index is 5.81. The monoisotopic (exact) mass is 241 g/mol. The highest BCUT2D eigenvalue weighted by Crippen LogP contribution is 2.29. The Balaban J connectivity index is 2.30. The molecule has 4 nitrogen and oxygen atoms in total. The van der Waals surface area contributed by atoms with Gasteiger partial charge in [-0.3, -0.25) is 0 Å². The SMILES string of the molecule is Clc1cncnc1Oc1cccnc1Cl. The lowest BCUT2D eigenvalue weighted by Crippen LogP contribution is -1.91. The maximum atomic E-state index is 5.81. The first-order chi connectivity index (χ1) is 7.27. The van der Waals surface area contributed by atoms with Gasteiger partial charge in [-0.1, -0.05) is 23.2 Å². The van der Waals surface area contributed by atoms with Crippen LogP contribution in [0, 0.1) is 0 Å². The van der Waals surface area contributed by atoms with Gasteiger partial charge in [0.2, 0.25) is 5.88 Å². The summed E-state index contributed by atoms with van der Waals surface area (Å²) in [5, 5.41) is 0.574. The molecule has 2 rings (SSSR count). The zero-order valence-electron chi connectivity index (χ0n) is 7.39. The van der Waals surface area contributed by atoms with Crippen molar-refractivity contribution in [1.82, 2.24) is 15.0 Å². The average molecular weight is 242 g/mol. The van der Waals surface area contributed by atoms with E-state index in [1.165, 1.54) is 12.5 Å². The fourth-order valence-electron chi connectivity index (χ4n) is 0.928. The highest BCUT2D eigenvalue weighted by atomic mass is 35.5. The molecule has 0 saturated carbocycles. The van der Waals surface area contributed by atoms with E-state index in [-0.39, 0.29) is 11.0 Å². The van der Waals surface area contributed by atoms with E-state index in [0.717, 1.165) is 0 Å². The predicted molar refractivity (Wildman–Crippen MR) is 56.4 cm³/mol. The molecule has 2 heterocycles. The number of halogens is 2. The molecule has 2 aromatic rings. The maximum Gasteiger partial charge on any atom is 0.241 e. The summed E-state index contributed by atoms with van der Waals surface area (Å²) in [4.78, 5) is 11.5. The van der Waals surface area contributed by atoms with Crippen molar-refractivity contribution in [1.29, 1.82) is 0 Å². The number of pyridine rings is 1. The van der Waals surface area contributed by atoms with Crippen LogP contribution >= 0.6 is 23.2 Å². The molecule has 0 atom stereocenters. The standard InChI is InChI=1S/C9H5Cl2N3O/c10-6-4-12-5-14-9(6)15-7-2-1-3-13-8(7)11/h1-5H. The lowest BCUT2D eigenvalue weighted by Gasteiger charge is -2.05. The van der Waals surface area contributed by atoms with Crippen LogP contribution in [0.1, 0.15) is 0 Å². The lowest BCUT2D eigenvalue weighted by molar-refractivity contribution is 0.460. The average Bonchev–Trinajstić information content (AvgIpc) is 2.24. The van der Waals surface area contributed by atoms with Gasteiger partial charge in [0.15, 0.2) is 10.9 Å². The summed E-state index contributed by atoms with van der Waals surface area (Å²) < 4.78 is 5.36. The molecule has 0 aliphatic carbocycles. The molecule has 0 amide bonds. The number of hydrogen-bond donors (Lipinski definition) is 0. The van der Waals surface area contributed by atoms with Gasteiger partial charge in [-0.25, -0.2) is 15.0 Å². The molecule has 0 unspecified atom stereocenters. The van der Waals surface area contributed by atoms with Gasteiger partial charge in [0.05, 0.1) is 6.20 Å². The van der Waals surface area contributed by atoms with Crippen molar-refractivity contribution in [3.8, 4) is 11.6 Å². The van der Waals surface area contributed by atoms with Crippen LogP contribution in [0.3, 0.4) is 0 Å². The Hall–Kier alpha value is -1.39. The van der Waals surface area contributed by atoms with Crippen LogP contribution in [-0.4, -0.2) is 15.0 Å². The molecule has 0 fully saturated rings. The molecule has 0 saturated heterocycles. The third kappa shape index (κ3) is 2.34. The van der Waals surface area contributed by atoms with Crippen molar-refractivity contribution in [3.05, 3.63) is 41.0 Å². The summed E-state index contributed by atoms with van der Waals surface area (Å²) in [6.07, 6.45) is 4.34. The van der Waals surface area contributed by atoms with E-state index in [4.69, 9.17) is 27.9 Å². The second kappa shape index (κ2) is 4.42. The van der Waals surface area contributed by atoms with Crippen LogP contribution in [0.5, 0.6) is 11.6 Å². The van der Waals surface area contributed by atoms with Gasteiger partial charge in [0, 0.05) is 6.20 Å². The molecular weight excluding hydrogens is 237 g/mol. The predicted octanol–water partition coefficient (Wildman–Crippen LogP) is 2.97. The van der Waals surface area contributed by atoms with Crippen LogP contribution in [0.2, 0.25) is 10.2 Å². The molecule has 76 valence electrons. The number of aromatic nitrogens is 3. The number of ether oxygens (including phenoxy) is 1. The quantitative estimate of drug-likeness (QED) is 0.759. The van der Waals surface area contributed by atoms with Gasteiger partial charge >= 0.3 is 0 Å². The van der Waals surface area contributed by atoms with Gasteiger partial charge in [0.25, 0.3) is 0 Å². The molecule has 0 aliphatic rings. The van der Waals surface area contributed by atoms with E-state index < -0.39 is 0 Å². The largest absolute Gasteiger partial charge is 0.434 e. The number of rotatable bonds is 2. The number of nitrogens with zero attached hydrogens (tertiary/aromatic N) is 3. The summed E-state index contributed by atoms with van der Waals surface area (Å²) in [6.45, 7) is 0. The summed E-state index contributed by atoms with van der Waals surface area (Å²) >= 11 is 11.6. The number of hydrogen-bond acceptors (Lipinski definition) is 4.